The molecule has 0 spiro atoms. The summed E-state index contributed by atoms with van der Waals surface area (Å²) in [6.45, 7) is 1.46. The van der Waals surface area contributed by atoms with Gasteiger partial charge >= 0.3 is 0 Å². The molecule has 3 N–H and O–H groups in total. The third kappa shape index (κ3) is 3.86. The smallest absolute Gasteiger partial charge is 0.236 e. The first-order chi connectivity index (χ1) is 9.35. The number of hydrogen-bond donors (Lipinski definition) is 2. The number of carbonyl (C=O) groups excluding carboxylic acids is 1. The van der Waals surface area contributed by atoms with Gasteiger partial charge in [-0.1, -0.05) is 0 Å². The number of hydrogen-bond acceptors (Lipinski definition) is 5. The lowest BCUT2D eigenvalue weighted by atomic mass is 9.96. The first-order valence-corrected chi connectivity index (χ1v) is 8.36. The van der Waals surface area contributed by atoms with Crippen LogP contribution in [0.3, 0.4) is 0 Å². The number of benzene rings is 1. The molecule has 1 aliphatic heterocycles. The molecule has 0 bridgehead atoms. The van der Waals surface area contributed by atoms with Crippen molar-refractivity contribution in [1.29, 1.82) is 0 Å². The van der Waals surface area contributed by atoms with Crippen molar-refractivity contribution in [2.75, 3.05) is 30.0 Å². The Labute approximate surface area is 119 Å². The van der Waals surface area contributed by atoms with Gasteiger partial charge in [-0.15, -0.1) is 0 Å². The molecule has 1 aliphatic rings. The number of nitrogens with one attached hydrogen (secondary N) is 1. The fourth-order valence-corrected chi connectivity index (χ4v) is 2.88. The second-order valence-electron chi connectivity index (χ2n) is 5.09. The maximum absolute atomic E-state index is 11.8. The number of amides is 1. The Morgan fingerprint density at radius 1 is 1.25 bits per heavy atom. The lowest BCUT2D eigenvalue weighted by molar-refractivity contribution is -0.123. The summed E-state index contributed by atoms with van der Waals surface area (Å²) in [5, 5.41) is 0. The van der Waals surface area contributed by atoms with Crippen LogP contribution in [0, 0.1) is 5.92 Å². The van der Waals surface area contributed by atoms with Gasteiger partial charge in [0, 0.05) is 30.4 Å². The van der Waals surface area contributed by atoms with Crippen molar-refractivity contribution < 1.29 is 13.2 Å². The average Bonchev–Trinajstić information content (AvgIpc) is 2.38. The number of nitrogens with zero attached hydrogens (tertiary/aromatic N) is 1. The normalized spacial score (nSPS) is 16.9. The van der Waals surface area contributed by atoms with E-state index in [-0.39, 0.29) is 5.92 Å². The highest BCUT2D eigenvalue weighted by atomic mass is 32.2. The SMILES string of the molecule is CS(=O)(=O)NC(=O)C1CCN(c2ccc(N)cc2)CC1. The van der Waals surface area contributed by atoms with E-state index in [0.29, 0.717) is 12.8 Å². The maximum Gasteiger partial charge on any atom is 0.236 e. The molecular weight excluding hydrogens is 278 g/mol. The Balaban J connectivity index is 1.92. The molecule has 2 rings (SSSR count). The van der Waals surface area contributed by atoms with Gasteiger partial charge in [0.25, 0.3) is 0 Å². The molecule has 1 fully saturated rings. The predicted octanol–water partition coefficient (Wildman–Crippen LogP) is 0.561. The van der Waals surface area contributed by atoms with E-state index in [1.807, 2.05) is 29.0 Å². The van der Waals surface area contributed by atoms with Gasteiger partial charge < -0.3 is 10.6 Å². The van der Waals surface area contributed by atoms with Gasteiger partial charge in [-0.3, -0.25) is 9.52 Å². The highest BCUT2D eigenvalue weighted by Crippen LogP contribution is 2.24. The Hall–Kier alpha value is -1.76. The number of carbonyl (C=O) groups is 1. The van der Waals surface area contributed by atoms with Crippen LogP contribution in [0.4, 0.5) is 11.4 Å². The molecule has 7 heteroatoms. The molecule has 0 atom stereocenters. The number of anilines is 2. The van der Waals surface area contributed by atoms with E-state index in [0.717, 1.165) is 30.7 Å². The van der Waals surface area contributed by atoms with E-state index >= 15 is 0 Å². The molecule has 110 valence electrons. The Morgan fingerprint density at radius 3 is 2.30 bits per heavy atom. The number of sulfonamides is 1. The van der Waals surface area contributed by atoms with Crippen molar-refractivity contribution in [3.05, 3.63) is 24.3 Å². The number of piperidine rings is 1. The summed E-state index contributed by atoms with van der Waals surface area (Å²) in [6, 6.07) is 7.59. The van der Waals surface area contributed by atoms with Crippen molar-refractivity contribution in [1.82, 2.24) is 4.72 Å². The van der Waals surface area contributed by atoms with Crippen molar-refractivity contribution in [3.63, 3.8) is 0 Å². The Kier molecular flexibility index (Phi) is 4.17. The van der Waals surface area contributed by atoms with Crippen molar-refractivity contribution in [3.8, 4) is 0 Å². The summed E-state index contributed by atoms with van der Waals surface area (Å²) in [4.78, 5) is 13.9. The molecule has 0 radical (unpaired) electrons. The van der Waals surface area contributed by atoms with Gasteiger partial charge in [-0.2, -0.15) is 0 Å². The lowest BCUT2D eigenvalue weighted by Crippen LogP contribution is -2.42. The zero-order valence-corrected chi connectivity index (χ0v) is 12.2. The van der Waals surface area contributed by atoms with Crippen LogP contribution in [0.1, 0.15) is 12.8 Å². The number of nitrogen functional groups attached to an aromatic ring is 1. The molecule has 1 aromatic rings. The number of rotatable bonds is 3. The summed E-state index contributed by atoms with van der Waals surface area (Å²) in [5.74, 6) is -0.640. The Morgan fingerprint density at radius 2 is 1.80 bits per heavy atom. The van der Waals surface area contributed by atoms with Crippen LogP contribution in [0.2, 0.25) is 0 Å². The third-order valence-corrected chi connectivity index (χ3v) is 3.98. The van der Waals surface area contributed by atoms with E-state index in [1.165, 1.54) is 0 Å². The van der Waals surface area contributed by atoms with Crippen LogP contribution in [0.5, 0.6) is 0 Å². The van der Waals surface area contributed by atoms with Crippen LogP contribution in [0.25, 0.3) is 0 Å². The van der Waals surface area contributed by atoms with Crippen molar-refractivity contribution in [2.24, 2.45) is 5.92 Å². The predicted molar refractivity (Wildman–Crippen MR) is 78.8 cm³/mol. The van der Waals surface area contributed by atoms with E-state index in [1.54, 1.807) is 0 Å². The summed E-state index contributed by atoms with van der Waals surface area (Å²) in [5.41, 5.74) is 7.44. The Bertz CT molecular complexity index is 575. The molecule has 1 heterocycles. The molecule has 0 aliphatic carbocycles. The molecule has 1 aromatic carbocycles. The molecule has 0 unspecified atom stereocenters. The van der Waals surface area contributed by atoms with Gasteiger partial charge in [0.2, 0.25) is 15.9 Å². The average molecular weight is 297 g/mol. The van der Waals surface area contributed by atoms with Gasteiger partial charge in [0.1, 0.15) is 0 Å². The van der Waals surface area contributed by atoms with Crippen LogP contribution in [0.15, 0.2) is 24.3 Å². The fourth-order valence-electron chi connectivity index (χ4n) is 2.35. The standard InChI is InChI=1S/C13H19N3O3S/c1-20(18,19)15-13(17)10-6-8-16(9-7-10)12-4-2-11(14)3-5-12/h2-5,10H,6-9,14H2,1H3,(H,15,17). The molecule has 0 saturated carbocycles. The van der Waals surface area contributed by atoms with Crippen LogP contribution in [-0.2, 0) is 14.8 Å². The first-order valence-electron chi connectivity index (χ1n) is 6.47. The summed E-state index contributed by atoms with van der Waals surface area (Å²) in [7, 11) is -3.47. The second kappa shape index (κ2) is 5.70. The van der Waals surface area contributed by atoms with Crippen LogP contribution < -0.4 is 15.4 Å². The summed E-state index contributed by atoms with van der Waals surface area (Å²) < 4.78 is 24.1. The number of nitrogens with two attached hydrogens (primary N) is 1. The minimum atomic E-state index is -3.47. The third-order valence-electron chi connectivity index (χ3n) is 3.41. The van der Waals surface area contributed by atoms with Gasteiger partial charge in [-0.25, -0.2) is 8.42 Å². The van der Waals surface area contributed by atoms with E-state index < -0.39 is 15.9 Å². The minimum absolute atomic E-state index is 0.241. The second-order valence-corrected chi connectivity index (χ2v) is 6.84. The van der Waals surface area contributed by atoms with Crippen molar-refractivity contribution >= 4 is 27.3 Å². The van der Waals surface area contributed by atoms with E-state index in [2.05, 4.69) is 4.90 Å². The first kappa shape index (κ1) is 14.6. The van der Waals surface area contributed by atoms with Crippen LogP contribution >= 0.6 is 0 Å². The summed E-state index contributed by atoms with van der Waals surface area (Å²) in [6.07, 6.45) is 2.28. The fraction of sp³-hybridized carbons (Fsp3) is 0.462. The topological polar surface area (TPSA) is 92.5 Å². The largest absolute Gasteiger partial charge is 0.399 e. The van der Waals surface area contributed by atoms with Crippen LogP contribution in [-0.4, -0.2) is 33.7 Å². The molecule has 6 nitrogen and oxygen atoms in total. The zero-order chi connectivity index (χ0) is 14.8. The maximum atomic E-state index is 11.8. The highest BCUT2D eigenvalue weighted by molar-refractivity contribution is 7.89. The minimum Gasteiger partial charge on any atom is -0.399 e. The lowest BCUT2D eigenvalue weighted by Gasteiger charge is -2.32. The highest BCUT2D eigenvalue weighted by Gasteiger charge is 2.26. The molecular formula is C13H19N3O3S. The van der Waals surface area contributed by atoms with E-state index in [9.17, 15) is 13.2 Å². The van der Waals surface area contributed by atoms with E-state index in [4.69, 9.17) is 5.73 Å². The van der Waals surface area contributed by atoms with Gasteiger partial charge in [-0.05, 0) is 37.1 Å². The molecule has 20 heavy (non-hydrogen) atoms. The molecule has 1 amide bonds. The van der Waals surface area contributed by atoms with Gasteiger partial charge in [0.05, 0.1) is 6.26 Å². The molecule has 0 aromatic heterocycles. The molecule has 1 saturated heterocycles. The van der Waals surface area contributed by atoms with Gasteiger partial charge in [0.15, 0.2) is 0 Å². The summed E-state index contributed by atoms with van der Waals surface area (Å²) >= 11 is 0. The zero-order valence-electron chi connectivity index (χ0n) is 11.4. The quantitative estimate of drug-likeness (QED) is 0.795. The van der Waals surface area contributed by atoms with Crippen molar-refractivity contribution in [2.45, 2.75) is 12.8 Å². The monoisotopic (exact) mass is 297 g/mol.